The minimum absolute atomic E-state index is 1.75. The minimum Gasteiger partial charge on any atom is -0.368 e. The summed E-state index contributed by atoms with van der Waals surface area (Å²) in [5.41, 5.74) is 0. The quantitative estimate of drug-likeness (QED) is 0.491. The second-order valence-electron chi connectivity index (χ2n) is 1.29. The summed E-state index contributed by atoms with van der Waals surface area (Å²) < 4.78 is 0. The van der Waals surface area contributed by atoms with Gasteiger partial charge < -0.3 is 4.98 Å². The number of H-pyrrole nitrogens is 1. The lowest BCUT2D eigenvalue weighted by Crippen LogP contribution is -1.38. The maximum Gasteiger partial charge on any atom is 0.000496 e. The van der Waals surface area contributed by atoms with Gasteiger partial charge in [0.05, 0.1) is 0 Å². The van der Waals surface area contributed by atoms with E-state index in [-0.39, 0.29) is 0 Å². The van der Waals surface area contributed by atoms with Crippen molar-refractivity contribution in [3.63, 3.8) is 0 Å². The molecule has 0 fully saturated rings. The van der Waals surface area contributed by atoms with Gasteiger partial charge in [-0.3, -0.25) is 0 Å². The van der Waals surface area contributed by atoms with Crippen LogP contribution in [0.3, 0.4) is 0 Å². The van der Waals surface area contributed by atoms with Crippen molar-refractivity contribution in [1.29, 1.82) is 0 Å². The number of nitrogens with one attached hydrogen (secondary N) is 1. The van der Waals surface area contributed by atoms with Crippen molar-refractivity contribution in [1.82, 2.24) is 4.98 Å². The molecule has 1 heterocycles. The highest BCUT2D eigenvalue weighted by Crippen LogP contribution is 1.72. The fourth-order valence-electron chi connectivity index (χ4n) is 0.278. The lowest BCUT2D eigenvalue weighted by atomic mass is 10.7. The molecule has 0 aliphatic carbocycles. The molecule has 0 aliphatic heterocycles. The third-order valence-corrected chi connectivity index (χ3v) is 0.496. The maximum atomic E-state index is 3.36. The van der Waals surface area contributed by atoms with Gasteiger partial charge in [-0.15, -0.1) is 6.58 Å². The van der Waals surface area contributed by atoms with Gasteiger partial charge in [0.25, 0.3) is 0 Å². The summed E-state index contributed by atoms with van der Waals surface area (Å²) in [5, 5.41) is 0. The van der Waals surface area contributed by atoms with Gasteiger partial charge in [0.1, 0.15) is 0 Å². The van der Waals surface area contributed by atoms with Crippen LogP contribution >= 0.6 is 0 Å². The molecular formula is C7H11N. The molecule has 1 rings (SSSR count). The summed E-state index contributed by atoms with van der Waals surface area (Å²) in [6.45, 7) is 5.25. The van der Waals surface area contributed by atoms with Crippen LogP contribution in [0.4, 0.5) is 0 Å². The van der Waals surface area contributed by atoms with Crippen molar-refractivity contribution in [2.24, 2.45) is 0 Å². The van der Waals surface area contributed by atoms with Gasteiger partial charge in [0, 0.05) is 12.4 Å². The smallest absolute Gasteiger partial charge is 0.000496 e. The molecule has 1 nitrogen and oxygen atoms in total. The molecule has 0 radical (unpaired) electrons. The normalized spacial score (nSPS) is 6.62. The molecule has 0 bridgehead atoms. The first-order chi connectivity index (χ1) is 3.91. The molecule has 1 heteroatoms. The van der Waals surface area contributed by atoms with Gasteiger partial charge in [0.2, 0.25) is 0 Å². The van der Waals surface area contributed by atoms with Crippen LogP contribution in [0.15, 0.2) is 37.2 Å². The Morgan fingerprint density at radius 2 is 1.75 bits per heavy atom. The van der Waals surface area contributed by atoms with Gasteiger partial charge in [-0.25, -0.2) is 0 Å². The molecule has 1 aromatic rings. The predicted octanol–water partition coefficient (Wildman–Crippen LogP) is 2.21. The minimum atomic E-state index is 1.75. The van der Waals surface area contributed by atoms with Gasteiger partial charge in [-0.1, -0.05) is 6.08 Å². The maximum absolute atomic E-state index is 3.36. The molecule has 44 valence electrons. The van der Waals surface area contributed by atoms with Crippen molar-refractivity contribution in [2.75, 3.05) is 0 Å². The lowest BCUT2D eigenvalue weighted by Gasteiger charge is -1.49. The van der Waals surface area contributed by atoms with Crippen molar-refractivity contribution in [2.45, 2.75) is 6.92 Å². The van der Waals surface area contributed by atoms with E-state index in [0.29, 0.717) is 0 Å². The van der Waals surface area contributed by atoms with E-state index in [1.54, 1.807) is 6.08 Å². The zero-order chi connectivity index (χ0) is 6.24. The Bertz CT molecular complexity index is 90.7. The van der Waals surface area contributed by atoms with Crippen molar-refractivity contribution >= 4 is 0 Å². The second kappa shape index (κ2) is 6.02. The van der Waals surface area contributed by atoms with E-state index in [0.717, 1.165) is 0 Å². The van der Waals surface area contributed by atoms with Crippen LogP contribution in [0, 0.1) is 0 Å². The molecule has 0 spiro atoms. The Morgan fingerprint density at radius 1 is 1.38 bits per heavy atom. The van der Waals surface area contributed by atoms with Crippen LogP contribution in [0.5, 0.6) is 0 Å². The van der Waals surface area contributed by atoms with Gasteiger partial charge in [-0.05, 0) is 19.1 Å². The third kappa shape index (κ3) is 5.02. The topological polar surface area (TPSA) is 15.8 Å². The first-order valence-electron chi connectivity index (χ1n) is 2.56. The van der Waals surface area contributed by atoms with Crippen LogP contribution in [0.2, 0.25) is 0 Å². The van der Waals surface area contributed by atoms with E-state index in [9.17, 15) is 0 Å². The van der Waals surface area contributed by atoms with E-state index >= 15 is 0 Å². The molecule has 0 amide bonds. The number of hydrogen-bond donors (Lipinski definition) is 1. The highest BCUT2D eigenvalue weighted by molar-refractivity contribution is 4.84. The molecule has 1 N–H and O–H groups in total. The Kier molecular flexibility index (Phi) is 5.28. The molecule has 0 aromatic carbocycles. The largest absolute Gasteiger partial charge is 0.368 e. The number of rotatable bonds is 0. The number of aromatic amines is 1. The highest BCUT2D eigenvalue weighted by atomic mass is 14.6. The van der Waals surface area contributed by atoms with E-state index in [2.05, 4.69) is 11.6 Å². The van der Waals surface area contributed by atoms with Crippen LogP contribution in [0.25, 0.3) is 0 Å². The summed E-state index contributed by atoms with van der Waals surface area (Å²) in [6.07, 6.45) is 5.50. The lowest BCUT2D eigenvalue weighted by molar-refractivity contribution is 1.42. The zero-order valence-corrected chi connectivity index (χ0v) is 5.09. The second-order valence-corrected chi connectivity index (χ2v) is 1.29. The average Bonchev–Trinajstić information content (AvgIpc) is 2.17. The van der Waals surface area contributed by atoms with E-state index in [4.69, 9.17) is 0 Å². The predicted molar refractivity (Wildman–Crippen MR) is 36.7 cm³/mol. The molecule has 0 aliphatic rings. The van der Waals surface area contributed by atoms with Crippen molar-refractivity contribution in [3.05, 3.63) is 37.2 Å². The first kappa shape index (κ1) is 7.02. The average molecular weight is 109 g/mol. The molecule has 1 aromatic heterocycles. The van der Waals surface area contributed by atoms with E-state index < -0.39 is 0 Å². The summed E-state index contributed by atoms with van der Waals surface area (Å²) in [7, 11) is 0. The monoisotopic (exact) mass is 109 g/mol. The molecule has 0 unspecified atom stereocenters. The van der Waals surface area contributed by atoms with Gasteiger partial charge >= 0.3 is 0 Å². The molecule has 0 saturated carbocycles. The Balaban J connectivity index is 0.000000145. The third-order valence-electron chi connectivity index (χ3n) is 0.496. The van der Waals surface area contributed by atoms with Crippen molar-refractivity contribution < 1.29 is 0 Å². The summed E-state index contributed by atoms with van der Waals surface area (Å²) >= 11 is 0. The summed E-state index contributed by atoms with van der Waals surface area (Å²) in [5.74, 6) is 0. The van der Waals surface area contributed by atoms with Gasteiger partial charge in [0.15, 0.2) is 0 Å². The molecular weight excluding hydrogens is 98.1 g/mol. The molecule has 0 atom stereocenters. The van der Waals surface area contributed by atoms with Gasteiger partial charge in [-0.2, -0.15) is 0 Å². The Morgan fingerprint density at radius 3 is 1.88 bits per heavy atom. The standard InChI is InChI=1S/C4H5N.C3H6/c1-2-4-5-3-1;1-3-2/h1-5H;3H,1H2,2H3. The van der Waals surface area contributed by atoms with Crippen LogP contribution < -0.4 is 0 Å². The van der Waals surface area contributed by atoms with Crippen LogP contribution in [-0.2, 0) is 0 Å². The number of allylic oxidation sites excluding steroid dienone is 1. The first-order valence-corrected chi connectivity index (χ1v) is 2.56. The highest BCUT2D eigenvalue weighted by Gasteiger charge is 1.55. The van der Waals surface area contributed by atoms with Crippen LogP contribution in [-0.4, -0.2) is 4.98 Å². The Hall–Kier alpha value is -0.980. The fourth-order valence-corrected chi connectivity index (χ4v) is 0.278. The number of aromatic nitrogens is 1. The number of hydrogen-bond acceptors (Lipinski definition) is 0. The zero-order valence-electron chi connectivity index (χ0n) is 5.09. The van der Waals surface area contributed by atoms with E-state index in [1.165, 1.54) is 0 Å². The Labute approximate surface area is 50.1 Å². The fraction of sp³-hybridized carbons (Fsp3) is 0.143. The summed E-state index contributed by atoms with van der Waals surface area (Å²) in [6, 6.07) is 3.89. The SMILES string of the molecule is C=CC.c1cc[nH]c1. The van der Waals surface area contributed by atoms with E-state index in [1.807, 2.05) is 31.5 Å². The van der Waals surface area contributed by atoms with Crippen molar-refractivity contribution in [3.8, 4) is 0 Å². The summed E-state index contributed by atoms with van der Waals surface area (Å²) in [4.78, 5) is 2.86. The molecule has 0 saturated heterocycles. The molecule has 8 heavy (non-hydrogen) atoms. The van der Waals surface area contributed by atoms with Crippen LogP contribution in [0.1, 0.15) is 6.92 Å².